The Morgan fingerprint density at radius 3 is 2.60 bits per heavy atom. The number of rotatable bonds is 3. The van der Waals surface area contributed by atoms with Crippen LogP contribution in [0.3, 0.4) is 0 Å². The van der Waals surface area contributed by atoms with Crippen molar-refractivity contribution in [1.82, 2.24) is 0 Å². The monoisotopic (exact) mass is 146 g/mol. The van der Waals surface area contributed by atoms with Gasteiger partial charge >= 0.3 is 5.97 Å². The lowest BCUT2D eigenvalue weighted by Gasteiger charge is -2.25. The van der Waals surface area contributed by atoms with Gasteiger partial charge in [-0.2, -0.15) is 0 Å². The smallest absolute Gasteiger partial charge is 0.323 e. The molecule has 0 aromatic heterocycles. The fourth-order valence-corrected chi connectivity index (χ4v) is 0.575. The van der Waals surface area contributed by atoms with Crippen LogP contribution in [-0.2, 0) is 4.79 Å². The Kier molecular flexibility index (Phi) is 2.27. The van der Waals surface area contributed by atoms with Crippen LogP contribution in [0.2, 0.25) is 0 Å². The third-order valence-corrected chi connectivity index (χ3v) is 1.89. The number of carboxylic acids is 1. The Morgan fingerprint density at radius 1 is 2.00 bits per heavy atom. The standard InChI is InChI=1S/C7H15NO2/c1-4-5(2)7(3,8)6(9)10/h5H,4,8H2,1-3H3,(H,9,10)/t5-,7+/m1/s1/i3D. The van der Waals surface area contributed by atoms with Gasteiger partial charge in [0, 0.05) is 1.37 Å². The van der Waals surface area contributed by atoms with Crippen molar-refractivity contribution < 1.29 is 11.3 Å². The molecule has 0 aliphatic rings. The summed E-state index contributed by atoms with van der Waals surface area (Å²) in [5.41, 5.74) is 4.14. The van der Waals surface area contributed by atoms with Crippen molar-refractivity contribution >= 4 is 5.97 Å². The van der Waals surface area contributed by atoms with E-state index in [-0.39, 0.29) is 12.8 Å². The van der Waals surface area contributed by atoms with Crippen LogP contribution >= 0.6 is 0 Å². The Balaban J connectivity index is 4.45. The molecule has 0 aliphatic heterocycles. The van der Waals surface area contributed by atoms with E-state index < -0.39 is 11.5 Å². The zero-order chi connectivity index (χ0) is 9.07. The lowest BCUT2D eigenvalue weighted by molar-refractivity contribution is -0.144. The first-order chi connectivity index (χ1) is 4.99. The number of hydrogen-bond acceptors (Lipinski definition) is 2. The number of aliphatic carboxylic acids is 1. The molecular weight excluding hydrogens is 130 g/mol. The molecule has 0 rings (SSSR count). The summed E-state index contributed by atoms with van der Waals surface area (Å²) in [5, 5.41) is 8.69. The van der Waals surface area contributed by atoms with Gasteiger partial charge in [0.25, 0.3) is 0 Å². The quantitative estimate of drug-likeness (QED) is 0.620. The minimum absolute atomic E-state index is 0.155. The molecule has 0 heterocycles. The molecular formula is C7H15NO2. The van der Waals surface area contributed by atoms with Gasteiger partial charge in [-0.15, -0.1) is 0 Å². The second kappa shape index (κ2) is 3.01. The first-order valence-electron chi connectivity index (χ1n) is 4.01. The molecule has 0 unspecified atom stereocenters. The molecule has 0 saturated carbocycles. The highest BCUT2D eigenvalue weighted by Gasteiger charge is 2.33. The second-order valence-corrected chi connectivity index (χ2v) is 2.65. The van der Waals surface area contributed by atoms with Crippen LogP contribution in [0.5, 0.6) is 0 Å². The first-order valence-corrected chi connectivity index (χ1v) is 3.30. The molecule has 0 spiro atoms. The van der Waals surface area contributed by atoms with Gasteiger partial charge in [0.2, 0.25) is 0 Å². The van der Waals surface area contributed by atoms with Crippen LogP contribution in [-0.4, -0.2) is 16.6 Å². The molecule has 3 heteroatoms. The third kappa shape index (κ3) is 1.70. The van der Waals surface area contributed by atoms with Crippen molar-refractivity contribution in [2.75, 3.05) is 0 Å². The maximum absolute atomic E-state index is 10.6. The van der Waals surface area contributed by atoms with Crippen molar-refractivity contribution in [3.05, 3.63) is 0 Å². The lowest BCUT2D eigenvalue weighted by Crippen LogP contribution is -2.50. The lowest BCUT2D eigenvalue weighted by atomic mass is 9.86. The summed E-state index contributed by atoms with van der Waals surface area (Å²) in [6.07, 6.45) is 0.682. The van der Waals surface area contributed by atoms with E-state index in [1.54, 1.807) is 6.92 Å². The maximum Gasteiger partial charge on any atom is 0.323 e. The van der Waals surface area contributed by atoms with E-state index in [4.69, 9.17) is 12.2 Å². The van der Waals surface area contributed by atoms with E-state index in [1.165, 1.54) is 0 Å². The molecule has 0 bridgehead atoms. The molecule has 0 aromatic carbocycles. The predicted octanol–water partition coefficient (Wildman–Crippen LogP) is 0.834. The molecule has 0 saturated heterocycles. The number of carboxylic acid groups (broad SMARTS) is 1. The van der Waals surface area contributed by atoms with Crippen molar-refractivity contribution in [3.63, 3.8) is 0 Å². The largest absolute Gasteiger partial charge is 0.480 e. The van der Waals surface area contributed by atoms with Crippen molar-refractivity contribution in [3.8, 4) is 0 Å². The van der Waals surface area contributed by atoms with Crippen LogP contribution in [0.1, 0.15) is 28.5 Å². The highest BCUT2D eigenvalue weighted by molar-refractivity contribution is 5.78. The van der Waals surface area contributed by atoms with E-state index in [0.717, 1.165) is 0 Å². The molecule has 0 fully saturated rings. The zero-order valence-corrected chi connectivity index (χ0v) is 6.42. The number of nitrogens with two attached hydrogens (primary N) is 1. The van der Waals surface area contributed by atoms with Gasteiger partial charge in [0.15, 0.2) is 0 Å². The van der Waals surface area contributed by atoms with Gasteiger partial charge in [0.1, 0.15) is 5.54 Å². The van der Waals surface area contributed by atoms with Gasteiger partial charge in [-0.1, -0.05) is 20.3 Å². The van der Waals surface area contributed by atoms with Gasteiger partial charge in [-0.25, -0.2) is 0 Å². The van der Waals surface area contributed by atoms with Gasteiger partial charge in [0.05, 0.1) is 0 Å². The highest BCUT2D eigenvalue weighted by atomic mass is 16.4. The van der Waals surface area contributed by atoms with Crippen molar-refractivity contribution in [2.45, 2.75) is 32.7 Å². The van der Waals surface area contributed by atoms with Crippen LogP contribution in [0.4, 0.5) is 0 Å². The highest BCUT2D eigenvalue weighted by Crippen LogP contribution is 2.16. The van der Waals surface area contributed by atoms with Gasteiger partial charge in [-0.05, 0) is 12.8 Å². The summed E-state index contributed by atoms with van der Waals surface area (Å²) in [5.74, 6) is -1.24. The normalized spacial score (nSPS) is 20.9. The molecule has 60 valence electrons. The van der Waals surface area contributed by atoms with E-state index in [9.17, 15) is 4.79 Å². The zero-order valence-electron chi connectivity index (χ0n) is 7.42. The summed E-state index contributed by atoms with van der Waals surface area (Å²) in [4.78, 5) is 10.6. The second-order valence-electron chi connectivity index (χ2n) is 2.65. The Hall–Kier alpha value is -0.570. The summed E-state index contributed by atoms with van der Waals surface area (Å²) < 4.78 is 7.02. The minimum atomic E-state index is -1.37. The topological polar surface area (TPSA) is 63.3 Å². The molecule has 3 nitrogen and oxygen atoms in total. The Labute approximate surface area is 62.6 Å². The van der Waals surface area contributed by atoms with Crippen LogP contribution in [0.25, 0.3) is 0 Å². The SMILES string of the molecule is [2H]C[C@@](N)(C(=O)O)[C@H](C)CC. The summed E-state index contributed by atoms with van der Waals surface area (Å²) in [6, 6.07) is 0. The number of hydrogen-bond donors (Lipinski definition) is 2. The summed E-state index contributed by atoms with van der Waals surface area (Å²) in [7, 11) is 0. The van der Waals surface area contributed by atoms with Crippen molar-refractivity contribution in [1.29, 1.82) is 0 Å². The van der Waals surface area contributed by atoms with Crippen LogP contribution in [0, 0.1) is 5.92 Å². The van der Waals surface area contributed by atoms with E-state index in [2.05, 4.69) is 0 Å². The average Bonchev–Trinajstić information content (AvgIpc) is 2.01. The van der Waals surface area contributed by atoms with E-state index >= 15 is 0 Å². The summed E-state index contributed by atoms with van der Waals surface area (Å²) >= 11 is 0. The fourth-order valence-electron chi connectivity index (χ4n) is 0.575. The molecule has 0 amide bonds. The third-order valence-electron chi connectivity index (χ3n) is 1.89. The molecule has 3 N–H and O–H groups in total. The maximum atomic E-state index is 10.6. The first kappa shape index (κ1) is 7.54. The molecule has 0 radical (unpaired) electrons. The van der Waals surface area contributed by atoms with E-state index in [0.29, 0.717) is 6.42 Å². The van der Waals surface area contributed by atoms with Gasteiger partial charge < -0.3 is 10.8 Å². The van der Waals surface area contributed by atoms with E-state index in [1.807, 2.05) is 6.92 Å². The molecule has 2 atom stereocenters. The molecule has 10 heavy (non-hydrogen) atoms. The Morgan fingerprint density at radius 2 is 2.50 bits per heavy atom. The minimum Gasteiger partial charge on any atom is -0.480 e. The molecule has 0 aromatic rings. The predicted molar refractivity (Wildman–Crippen MR) is 39.7 cm³/mol. The number of carbonyl (C=O) groups is 1. The molecule has 0 aliphatic carbocycles. The Bertz CT molecular complexity index is 151. The van der Waals surface area contributed by atoms with Crippen molar-refractivity contribution in [2.24, 2.45) is 11.7 Å². The summed E-state index contributed by atoms with van der Waals surface area (Å²) in [6.45, 7) is 3.35. The van der Waals surface area contributed by atoms with Crippen LogP contribution < -0.4 is 5.73 Å². The van der Waals surface area contributed by atoms with Crippen LogP contribution in [0.15, 0.2) is 0 Å². The van der Waals surface area contributed by atoms with Gasteiger partial charge in [-0.3, -0.25) is 4.79 Å². The average molecular weight is 146 g/mol. The fraction of sp³-hybridized carbons (Fsp3) is 0.857.